The molecule has 8 nitrogen and oxygen atoms in total. The first kappa shape index (κ1) is 20.9. The van der Waals surface area contributed by atoms with Gasteiger partial charge in [0.25, 0.3) is 0 Å². The molecule has 0 spiro atoms. The van der Waals surface area contributed by atoms with Gasteiger partial charge >= 0.3 is 6.03 Å². The number of urea groups is 1. The topological polar surface area (TPSA) is 90.5 Å². The molecule has 30 heavy (non-hydrogen) atoms. The second-order valence-corrected chi connectivity index (χ2v) is 8.90. The van der Waals surface area contributed by atoms with Gasteiger partial charge in [-0.1, -0.05) is 19.3 Å². The molecular weight excluding hydrogens is 380 g/mol. The molecule has 1 aromatic heterocycles. The molecule has 4 rings (SSSR count). The van der Waals surface area contributed by atoms with Crippen molar-refractivity contribution in [3.8, 4) is 0 Å². The van der Waals surface area contributed by atoms with E-state index in [1.807, 2.05) is 4.90 Å². The highest BCUT2D eigenvalue weighted by Gasteiger charge is 2.30. The SMILES string of the molecule is O=C(NC1CCN(C(=O)NC2CCCCC2)CC1)C1CCCN(c2cnccn2)C1. The van der Waals surface area contributed by atoms with Crippen molar-refractivity contribution in [3.05, 3.63) is 18.6 Å². The second-order valence-electron chi connectivity index (χ2n) is 8.90. The molecule has 1 atom stereocenters. The quantitative estimate of drug-likeness (QED) is 0.789. The molecule has 1 unspecified atom stereocenters. The number of carbonyl (C=O) groups excluding carboxylic acids is 2. The fourth-order valence-corrected chi connectivity index (χ4v) is 4.91. The lowest BCUT2D eigenvalue weighted by molar-refractivity contribution is -0.126. The Hall–Kier alpha value is -2.38. The molecule has 2 aliphatic heterocycles. The van der Waals surface area contributed by atoms with Gasteiger partial charge in [-0.2, -0.15) is 0 Å². The third kappa shape index (κ3) is 5.40. The summed E-state index contributed by atoms with van der Waals surface area (Å²) < 4.78 is 0. The number of rotatable bonds is 4. The van der Waals surface area contributed by atoms with E-state index in [2.05, 4.69) is 25.5 Å². The molecular formula is C22H34N6O2. The van der Waals surface area contributed by atoms with E-state index in [4.69, 9.17) is 0 Å². The highest BCUT2D eigenvalue weighted by atomic mass is 16.2. The number of anilines is 1. The van der Waals surface area contributed by atoms with E-state index in [1.165, 1.54) is 19.3 Å². The van der Waals surface area contributed by atoms with Gasteiger partial charge < -0.3 is 20.4 Å². The van der Waals surface area contributed by atoms with E-state index in [-0.39, 0.29) is 23.9 Å². The van der Waals surface area contributed by atoms with Crippen LogP contribution in [0.3, 0.4) is 0 Å². The molecule has 2 N–H and O–H groups in total. The summed E-state index contributed by atoms with van der Waals surface area (Å²) in [5, 5.41) is 6.44. The first-order valence-corrected chi connectivity index (χ1v) is 11.6. The predicted molar refractivity (Wildman–Crippen MR) is 115 cm³/mol. The number of nitrogens with zero attached hydrogens (tertiary/aromatic N) is 4. The molecule has 164 valence electrons. The molecule has 1 saturated carbocycles. The average Bonchev–Trinajstić information content (AvgIpc) is 2.81. The number of aromatic nitrogens is 2. The molecule has 3 aliphatic rings. The molecule has 0 bridgehead atoms. The van der Waals surface area contributed by atoms with E-state index in [1.54, 1.807) is 18.6 Å². The van der Waals surface area contributed by atoms with Crippen LogP contribution in [0.5, 0.6) is 0 Å². The van der Waals surface area contributed by atoms with Crippen LogP contribution in [0.2, 0.25) is 0 Å². The molecule has 3 fully saturated rings. The minimum atomic E-state index is -0.0200. The maximum Gasteiger partial charge on any atom is 0.317 e. The summed E-state index contributed by atoms with van der Waals surface area (Å²) in [6, 6.07) is 0.564. The smallest absolute Gasteiger partial charge is 0.317 e. The fraction of sp³-hybridized carbons (Fsp3) is 0.727. The minimum absolute atomic E-state index is 0.0200. The Morgan fingerprint density at radius 1 is 0.867 bits per heavy atom. The summed E-state index contributed by atoms with van der Waals surface area (Å²) in [5.41, 5.74) is 0. The van der Waals surface area contributed by atoms with Gasteiger partial charge in [-0.3, -0.25) is 9.78 Å². The summed E-state index contributed by atoms with van der Waals surface area (Å²) in [7, 11) is 0. The second kappa shape index (κ2) is 10.1. The van der Waals surface area contributed by atoms with Crippen LogP contribution in [-0.2, 0) is 4.79 Å². The van der Waals surface area contributed by atoms with Gasteiger partial charge in [-0.15, -0.1) is 0 Å². The van der Waals surface area contributed by atoms with Crippen LogP contribution >= 0.6 is 0 Å². The Morgan fingerprint density at radius 2 is 1.63 bits per heavy atom. The molecule has 8 heteroatoms. The maximum absolute atomic E-state index is 12.9. The summed E-state index contributed by atoms with van der Waals surface area (Å²) in [5.74, 6) is 0.953. The van der Waals surface area contributed by atoms with Gasteiger partial charge in [0.2, 0.25) is 5.91 Å². The highest BCUT2D eigenvalue weighted by molar-refractivity contribution is 5.80. The lowest BCUT2D eigenvalue weighted by Crippen LogP contribution is -2.53. The third-order valence-corrected chi connectivity index (χ3v) is 6.73. The standard InChI is InChI=1S/C22H34N6O2/c29-21(17-5-4-12-28(16-17)20-15-23-10-11-24-20)25-19-8-13-27(14-9-19)22(30)26-18-6-2-1-3-7-18/h10-11,15,17-19H,1-9,12-14,16H2,(H,25,29)(H,26,30). The average molecular weight is 415 g/mol. The van der Waals surface area contributed by atoms with Crippen LogP contribution in [0, 0.1) is 5.92 Å². The van der Waals surface area contributed by atoms with Crippen molar-refractivity contribution in [1.82, 2.24) is 25.5 Å². The number of piperidine rings is 2. The summed E-state index contributed by atoms with van der Waals surface area (Å²) in [6.45, 7) is 3.02. The summed E-state index contributed by atoms with van der Waals surface area (Å²) in [6.07, 6.45) is 14.6. The zero-order chi connectivity index (χ0) is 20.8. The Kier molecular flexibility index (Phi) is 7.02. The van der Waals surface area contributed by atoms with Gasteiger partial charge in [0.05, 0.1) is 12.1 Å². The van der Waals surface area contributed by atoms with Gasteiger partial charge in [-0.25, -0.2) is 9.78 Å². The van der Waals surface area contributed by atoms with E-state index in [0.29, 0.717) is 25.7 Å². The molecule has 0 radical (unpaired) electrons. The lowest BCUT2D eigenvalue weighted by Gasteiger charge is -2.36. The lowest BCUT2D eigenvalue weighted by atomic mass is 9.95. The van der Waals surface area contributed by atoms with E-state index < -0.39 is 0 Å². The van der Waals surface area contributed by atoms with Crippen LogP contribution in [0.25, 0.3) is 0 Å². The molecule has 1 aromatic rings. The van der Waals surface area contributed by atoms with E-state index in [0.717, 1.165) is 50.9 Å². The number of likely N-dealkylation sites (tertiary alicyclic amines) is 1. The number of hydrogen-bond donors (Lipinski definition) is 2. The predicted octanol–water partition coefficient (Wildman–Crippen LogP) is 2.32. The van der Waals surface area contributed by atoms with Crippen molar-refractivity contribution >= 4 is 17.8 Å². The summed E-state index contributed by atoms with van der Waals surface area (Å²) >= 11 is 0. The number of carbonyl (C=O) groups is 2. The van der Waals surface area contributed by atoms with Crippen molar-refractivity contribution in [1.29, 1.82) is 0 Å². The summed E-state index contributed by atoms with van der Waals surface area (Å²) in [4.78, 5) is 37.9. The van der Waals surface area contributed by atoms with Crippen LogP contribution in [-0.4, -0.2) is 65.1 Å². The Labute approximate surface area is 178 Å². The Morgan fingerprint density at radius 3 is 2.37 bits per heavy atom. The van der Waals surface area contributed by atoms with Gasteiger partial charge in [0.15, 0.2) is 0 Å². The van der Waals surface area contributed by atoms with Crippen molar-refractivity contribution in [2.24, 2.45) is 5.92 Å². The Balaban J connectivity index is 1.21. The first-order chi connectivity index (χ1) is 14.7. The molecule has 3 heterocycles. The minimum Gasteiger partial charge on any atom is -0.355 e. The maximum atomic E-state index is 12.9. The first-order valence-electron chi connectivity index (χ1n) is 11.6. The van der Waals surface area contributed by atoms with Crippen molar-refractivity contribution < 1.29 is 9.59 Å². The number of nitrogens with one attached hydrogen (secondary N) is 2. The van der Waals surface area contributed by atoms with Crippen LogP contribution in [0.4, 0.5) is 10.6 Å². The van der Waals surface area contributed by atoms with E-state index >= 15 is 0 Å². The molecule has 3 amide bonds. The number of hydrogen-bond acceptors (Lipinski definition) is 5. The van der Waals surface area contributed by atoms with Crippen molar-refractivity contribution in [3.63, 3.8) is 0 Å². The van der Waals surface area contributed by atoms with Crippen LogP contribution in [0.15, 0.2) is 18.6 Å². The molecule has 2 saturated heterocycles. The van der Waals surface area contributed by atoms with Crippen LogP contribution in [0.1, 0.15) is 57.8 Å². The zero-order valence-corrected chi connectivity index (χ0v) is 17.8. The zero-order valence-electron chi connectivity index (χ0n) is 17.8. The molecule has 0 aromatic carbocycles. The van der Waals surface area contributed by atoms with Crippen LogP contribution < -0.4 is 15.5 Å². The number of amides is 3. The fourth-order valence-electron chi connectivity index (χ4n) is 4.91. The van der Waals surface area contributed by atoms with Gasteiger partial charge in [-0.05, 0) is 38.5 Å². The third-order valence-electron chi connectivity index (χ3n) is 6.73. The van der Waals surface area contributed by atoms with Gasteiger partial charge in [0.1, 0.15) is 5.82 Å². The van der Waals surface area contributed by atoms with Crippen molar-refractivity contribution in [2.75, 3.05) is 31.1 Å². The van der Waals surface area contributed by atoms with Crippen molar-refractivity contribution in [2.45, 2.75) is 69.9 Å². The van der Waals surface area contributed by atoms with Gasteiger partial charge in [0, 0.05) is 50.7 Å². The highest BCUT2D eigenvalue weighted by Crippen LogP contribution is 2.22. The molecule has 1 aliphatic carbocycles. The normalized spacial score (nSPS) is 23.8. The largest absolute Gasteiger partial charge is 0.355 e. The Bertz CT molecular complexity index is 701. The monoisotopic (exact) mass is 414 g/mol. The van der Waals surface area contributed by atoms with E-state index in [9.17, 15) is 9.59 Å².